The fourth-order valence-electron chi connectivity index (χ4n) is 1.63. The van der Waals surface area contributed by atoms with Crippen LogP contribution in [0, 0.1) is 5.92 Å². The SMILES string of the molecule is CCCCN(C)CN(C)CC(C)CC. The molecule has 0 aromatic heterocycles. The minimum absolute atomic E-state index is 0.819. The molecule has 0 rings (SSSR count). The van der Waals surface area contributed by atoms with Crippen LogP contribution >= 0.6 is 0 Å². The van der Waals surface area contributed by atoms with E-state index in [-0.39, 0.29) is 0 Å². The van der Waals surface area contributed by atoms with E-state index in [1.54, 1.807) is 0 Å². The highest BCUT2D eigenvalue weighted by Crippen LogP contribution is 2.03. The maximum atomic E-state index is 2.42. The lowest BCUT2D eigenvalue weighted by Gasteiger charge is -2.26. The molecule has 0 aliphatic carbocycles. The molecule has 2 nitrogen and oxygen atoms in total. The molecule has 0 bridgehead atoms. The van der Waals surface area contributed by atoms with E-state index in [0.29, 0.717) is 0 Å². The van der Waals surface area contributed by atoms with Gasteiger partial charge in [0, 0.05) is 6.54 Å². The number of unbranched alkanes of at least 4 members (excludes halogenated alkanes) is 1. The second kappa shape index (κ2) is 8.25. The zero-order chi connectivity index (χ0) is 11.0. The predicted molar refractivity (Wildman–Crippen MR) is 64.5 cm³/mol. The Morgan fingerprint density at radius 3 is 2.21 bits per heavy atom. The monoisotopic (exact) mass is 200 g/mol. The average molecular weight is 200 g/mol. The molecule has 0 spiro atoms. The van der Waals surface area contributed by atoms with Gasteiger partial charge in [0.15, 0.2) is 0 Å². The van der Waals surface area contributed by atoms with Gasteiger partial charge < -0.3 is 0 Å². The third-order valence-corrected chi connectivity index (χ3v) is 2.70. The van der Waals surface area contributed by atoms with Crippen molar-refractivity contribution in [3.63, 3.8) is 0 Å². The molecule has 0 aliphatic rings. The van der Waals surface area contributed by atoms with Crippen LogP contribution in [-0.2, 0) is 0 Å². The van der Waals surface area contributed by atoms with E-state index in [9.17, 15) is 0 Å². The molecule has 0 aromatic rings. The molecule has 0 amide bonds. The van der Waals surface area contributed by atoms with Crippen LogP contribution in [0.2, 0.25) is 0 Å². The lowest BCUT2D eigenvalue weighted by molar-refractivity contribution is 0.163. The normalized spacial score (nSPS) is 13.9. The van der Waals surface area contributed by atoms with E-state index in [1.165, 1.54) is 32.4 Å². The van der Waals surface area contributed by atoms with E-state index >= 15 is 0 Å². The Morgan fingerprint density at radius 2 is 1.71 bits per heavy atom. The van der Waals surface area contributed by atoms with Crippen LogP contribution in [0.15, 0.2) is 0 Å². The first kappa shape index (κ1) is 13.9. The molecule has 0 aromatic carbocycles. The molecule has 14 heavy (non-hydrogen) atoms. The Morgan fingerprint density at radius 1 is 1.07 bits per heavy atom. The first-order valence-corrected chi connectivity index (χ1v) is 5.97. The van der Waals surface area contributed by atoms with Gasteiger partial charge in [-0.15, -0.1) is 0 Å². The number of nitrogens with zero attached hydrogens (tertiary/aromatic N) is 2. The van der Waals surface area contributed by atoms with Crippen LogP contribution in [0.1, 0.15) is 40.0 Å². The Bertz CT molecular complexity index is 125. The van der Waals surface area contributed by atoms with E-state index in [0.717, 1.165) is 12.6 Å². The van der Waals surface area contributed by atoms with Gasteiger partial charge in [-0.05, 0) is 33.0 Å². The van der Waals surface area contributed by atoms with Crippen molar-refractivity contribution >= 4 is 0 Å². The summed E-state index contributed by atoms with van der Waals surface area (Å²) in [6.45, 7) is 10.4. The van der Waals surface area contributed by atoms with Crippen molar-refractivity contribution < 1.29 is 0 Å². The fraction of sp³-hybridized carbons (Fsp3) is 1.00. The van der Waals surface area contributed by atoms with Crippen LogP contribution in [0.5, 0.6) is 0 Å². The highest BCUT2D eigenvalue weighted by atomic mass is 15.3. The van der Waals surface area contributed by atoms with Gasteiger partial charge in [-0.2, -0.15) is 0 Å². The first-order valence-electron chi connectivity index (χ1n) is 5.97. The van der Waals surface area contributed by atoms with Gasteiger partial charge in [0.2, 0.25) is 0 Å². The largest absolute Gasteiger partial charge is 0.294 e. The second-order valence-corrected chi connectivity index (χ2v) is 4.63. The quantitative estimate of drug-likeness (QED) is 0.556. The number of hydrogen-bond donors (Lipinski definition) is 0. The van der Waals surface area contributed by atoms with Crippen LogP contribution in [0.4, 0.5) is 0 Å². The van der Waals surface area contributed by atoms with Crippen molar-refractivity contribution in [2.45, 2.75) is 40.0 Å². The number of hydrogen-bond acceptors (Lipinski definition) is 2. The molecular formula is C12H28N2. The summed E-state index contributed by atoms with van der Waals surface area (Å²) in [5.74, 6) is 0.819. The topological polar surface area (TPSA) is 6.48 Å². The average Bonchev–Trinajstić information content (AvgIpc) is 2.14. The van der Waals surface area contributed by atoms with Crippen molar-refractivity contribution in [1.82, 2.24) is 9.80 Å². The molecule has 2 heteroatoms. The molecule has 0 N–H and O–H groups in total. The molecule has 0 saturated heterocycles. The highest BCUT2D eigenvalue weighted by Gasteiger charge is 2.06. The van der Waals surface area contributed by atoms with Gasteiger partial charge in [-0.1, -0.05) is 33.6 Å². The van der Waals surface area contributed by atoms with Crippen molar-refractivity contribution in [2.24, 2.45) is 5.92 Å². The fourth-order valence-corrected chi connectivity index (χ4v) is 1.63. The van der Waals surface area contributed by atoms with E-state index < -0.39 is 0 Å². The Balaban J connectivity index is 3.54. The predicted octanol–water partition coefficient (Wildman–Crippen LogP) is 2.65. The van der Waals surface area contributed by atoms with Crippen molar-refractivity contribution in [3.8, 4) is 0 Å². The molecule has 0 fully saturated rings. The standard InChI is InChI=1S/C12H28N2/c1-6-8-9-13(4)11-14(5)10-12(3)7-2/h12H,6-11H2,1-5H3. The van der Waals surface area contributed by atoms with Crippen LogP contribution in [0.25, 0.3) is 0 Å². The van der Waals surface area contributed by atoms with Gasteiger partial charge in [0.05, 0.1) is 6.67 Å². The molecule has 86 valence electrons. The summed E-state index contributed by atoms with van der Waals surface area (Å²) in [6.07, 6.45) is 3.89. The molecule has 0 radical (unpaired) electrons. The smallest absolute Gasteiger partial charge is 0.0500 e. The van der Waals surface area contributed by atoms with Crippen molar-refractivity contribution in [3.05, 3.63) is 0 Å². The van der Waals surface area contributed by atoms with Gasteiger partial charge in [-0.25, -0.2) is 0 Å². The maximum Gasteiger partial charge on any atom is 0.0500 e. The molecule has 0 heterocycles. The lowest BCUT2D eigenvalue weighted by atomic mass is 10.1. The summed E-state index contributed by atoms with van der Waals surface area (Å²) < 4.78 is 0. The first-order chi connectivity index (χ1) is 6.60. The summed E-state index contributed by atoms with van der Waals surface area (Å²) in [5, 5.41) is 0. The minimum atomic E-state index is 0.819. The summed E-state index contributed by atoms with van der Waals surface area (Å²) in [4.78, 5) is 4.83. The Kier molecular flexibility index (Phi) is 8.20. The zero-order valence-electron chi connectivity index (χ0n) is 10.7. The lowest BCUT2D eigenvalue weighted by Crippen LogP contribution is -2.35. The molecule has 0 saturated carbocycles. The maximum absolute atomic E-state index is 2.42. The number of rotatable bonds is 8. The van der Waals surface area contributed by atoms with Crippen LogP contribution < -0.4 is 0 Å². The summed E-state index contributed by atoms with van der Waals surface area (Å²) >= 11 is 0. The zero-order valence-corrected chi connectivity index (χ0v) is 10.7. The Labute approximate surface area is 90.3 Å². The van der Waals surface area contributed by atoms with Gasteiger partial charge >= 0.3 is 0 Å². The third kappa shape index (κ3) is 7.34. The molecule has 1 unspecified atom stereocenters. The summed E-state index contributed by atoms with van der Waals surface area (Å²) in [5.41, 5.74) is 0. The Hall–Kier alpha value is -0.0800. The third-order valence-electron chi connectivity index (χ3n) is 2.70. The van der Waals surface area contributed by atoms with Crippen molar-refractivity contribution in [1.29, 1.82) is 0 Å². The molecule has 1 atom stereocenters. The van der Waals surface area contributed by atoms with Gasteiger partial charge in [-0.3, -0.25) is 9.80 Å². The minimum Gasteiger partial charge on any atom is -0.294 e. The van der Waals surface area contributed by atoms with E-state index in [1.807, 2.05) is 0 Å². The van der Waals surface area contributed by atoms with Crippen LogP contribution in [-0.4, -0.2) is 43.7 Å². The van der Waals surface area contributed by atoms with Gasteiger partial charge in [0.1, 0.15) is 0 Å². The summed E-state index contributed by atoms with van der Waals surface area (Å²) in [7, 11) is 4.43. The van der Waals surface area contributed by atoms with E-state index in [2.05, 4.69) is 44.7 Å². The highest BCUT2D eigenvalue weighted by molar-refractivity contribution is 4.57. The molecule has 0 aliphatic heterocycles. The van der Waals surface area contributed by atoms with Gasteiger partial charge in [0.25, 0.3) is 0 Å². The molecular weight excluding hydrogens is 172 g/mol. The van der Waals surface area contributed by atoms with Crippen molar-refractivity contribution in [2.75, 3.05) is 33.9 Å². The second-order valence-electron chi connectivity index (χ2n) is 4.63. The van der Waals surface area contributed by atoms with Crippen LogP contribution in [0.3, 0.4) is 0 Å². The van der Waals surface area contributed by atoms with E-state index in [4.69, 9.17) is 0 Å². The summed E-state index contributed by atoms with van der Waals surface area (Å²) in [6, 6.07) is 0.